The van der Waals surface area contributed by atoms with Crippen molar-refractivity contribution in [3.63, 3.8) is 0 Å². The normalized spacial score (nSPS) is 10.3. The Kier molecular flexibility index (Phi) is 5.82. The zero-order valence-electron chi connectivity index (χ0n) is 14.3. The summed E-state index contributed by atoms with van der Waals surface area (Å²) in [5.74, 6) is 1.20. The number of nitrogens with one attached hydrogen (secondary N) is 1. The highest BCUT2D eigenvalue weighted by Crippen LogP contribution is 2.21. The number of hydrogen-bond acceptors (Lipinski definition) is 6. The van der Waals surface area contributed by atoms with E-state index in [1.807, 2.05) is 37.3 Å². The third-order valence-electron chi connectivity index (χ3n) is 3.48. The Morgan fingerprint density at radius 3 is 2.58 bits per heavy atom. The molecule has 0 aliphatic heterocycles. The van der Waals surface area contributed by atoms with Gasteiger partial charge in [-0.2, -0.15) is 0 Å². The first kappa shape index (κ1) is 17.5. The van der Waals surface area contributed by atoms with Crippen LogP contribution in [0.1, 0.15) is 17.5 Å². The zero-order valence-corrected chi connectivity index (χ0v) is 14.3. The third-order valence-corrected chi connectivity index (χ3v) is 3.48. The van der Waals surface area contributed by atoms with Crippen LogP contribution < -0.4 is 14.8 Å². The molecule has 1 aromatic carbocycles. The molecule has 0 bridgehead atoms. The Morgan fingerprint density at radius 2 is 1.92 bits per heavy atom. The molecule has 134 valence electrons. The highest BCUT2D eigenvalue weighted by Gasteiger charge is 2.07. The highest BCUT2D eigenvalue weighted by atomic mass is 16.5. The highest BCUT2D eigenvalue weighted by molar-refractivity contribution is 5.91. The second kappa shape index (κ2) is 8.66. The molecular formula is C19H19N3O4. The van der Waals surface area contributed by atoms with Gasteiger partial charge in [-0.25, -0.2) is 0 Å². The van der Waals surface area contributed by atoms with Crippen LogP contribution >= 0.6 is 0 Å². The smallest absolute Gasteiger partial charge is 0.287 e. The largest absolute Gasteiger partial charge is 0.494 e. The average Bonchev–Trinajstić information content (AvgIpc) is 3.21. The standard InChI is InChI=1S/C19H19N3O4/c1-2-24-15-7-5-14(6-8-15)16-9-10-18(22-21-16)26-13-11-20-19(23)17-4-3-12-25-17/h3-10,12H,2,11,13H2,1H3,(H,20,23). The van der Waals surface area contributed by atoms with Crippen molar-refractivity contribution in [2.24, 2.45) is 0 Å². The lowest BCUT2D eigenvalue weighted by Gasteiger charge is -2.07. The van der Waals surface area contributed by atoms with Gasteiger partial charge in [-0.1, -0.05) is 0 Å². The molecule has 0 radical (unpaired) electrons. The number of hydrogen-bond donors (Lipinski definition) is 1. The van der Waals surface area contributed by atoms with Gasteiger partial charge in [0, 0.05) is 11.6 Å². The third kappa shape index (κ3) is 4.60. The fourth-order valence-electron chi connectivity index (χ4n) is 2.25. The minimum Gasteiger partial charge on any atom is -0.494 e. The van der Waals surface area contributed by atoms with Crippen LogP contribution in [0.25, 0.3) is 11.3 Å². The van der Waals surface area contributed by atoms with Gasteiger partial charge in [0.25, 0.3) is 5.91 Å². The van der Waals surface area contributed by atoms with Gasteiger partial charge in [0.1, 0.15) is 12.4 Å². The van der Waals surface area contributed by atoms with Gasteiger partial charge in [-0.05, 0) is 49.4 Å². The first-order valence-electron chi connectivity index (χ1n) is 8.27. The maximum absolute atomic E-state index is 11.7. The van der Waals surface area contributed by atoms with Crippen molar-refractivity contribution >= 4 is 5.91 Å². The van der Waals surface area contributed by atoms with Crippen LogP contribution in [0.5, 0.6) is 11.6 Å². The van der Waals surface area contributed by atoms with Crippen LogP contribution in [0.3, 0.4) is 0 Å². The molecule has 0 atom stereocenters. The number of benzene rings is 1. The summed E-state index contributed by atoms with van der Waals surface area (Å²) in [7, 11) is 0. The number of aromatic nitrogens is 2. The van der Waals surface area contributed by atoms with E-state index in [4.69, 9.17) is 13.9 Å². The first-order valence-corrected chi connectivity index (χ1v) is 8.27. The van der Waals surface area contributed by atoms with E-state index in [-0.39, 0.29) is 18.3 Å². The Morgan fingerprint density at radius 1 is 1.08 bits per heavy atom. The van der Waals surface area contributed by atoms with Gasteiger partial charge >= 0.3 is 0 Å². The van der Waals surface area contributed by atoms with E-state index >= 15 is 0 Å². The van der Waals surface area contributed by atoms with Crippen molar-refractivity contribution in [1.82, 2.24) is 15.5 Å². The number of furan rings is 1. The van der Waals surface area contributed by atoms with Crippen LogP contribution in [0.4, 0.5) is 0 Å². The summed E-state index contributed by atoms with van der Waals surface area (Å²) >= 11 is 0. The summed E-state index contributed by atoms with van der Waals surface area (Å²) in [6, 6.07) is 14.5. The predicted octanol–water partition coefficient (Wildman–Crippen LogP) is 2.94. The number of carbonyl (C=O) groups excluding carboxylic acids is 1. The zero-order chi connectivity index (χ0) is 18.2. The molecule has 3 aromatic rings. The number of amides is 1. The molecule has 2 heterocycles. The Hall–Kier alpha value is -3.35. The molecule has 1 amide bonds. The van der Waals surface area contributed by atoms with Crippen molar-refractivity contribution in [2.75, 3.05) is 19.8 Å². The van der Waals surface area contributed by atoms with Gasteiger partial charge in [-0.3, -0.25) is 4.79 Å². The van der Waals surface area contributed by atoms with Crippen LogP contribution in [-0.4, -0.2) is 35.9 Å². The number of carbonyl (C=O) groups is 1. The Balaban J connectivity index is 1.47. The lowest BCUT2D eigenvalue weighted by molar-refractivity contribution is 0.0919. The van der Waals surface area contributed by atoms with E-state index in [0.29, 0.717) is 19.0 Å². The van der Waals surface area contributed by atoms with Crippen molar-refractivity contribution < 1.29 is 18.7 Å². The lowest BCUT2D eigenvalue weighted by Crippen LogP contribution is -2.27. The summed E-state index contributed by atoms with van der Waals surface area (Å²) in [4.78, 5) is 11.7. The predicted molar refractivity (Wildman–Crippen MR) is 95.2 cm³/mol. The monoisotopic (exact) mass is 353 g/mol. The average molecular weight is 353 g/mol. The quantitative estimate of drug-likeness (QED) is 0.627. The second-order valence-corrected chi connectivity index (χ2v) is 5.30. The number of rotatable bonds is 8. The fourth-order valence-corrected chi connectivity index (χ4v) is 2.25. The van der Waals surface area contributed by atoms with Crippen molar-refractivity contribution in [3.8, 4) is 22.9 Å². The minimum absolute atomic E-state index is 0.268. The first-order chi connectivity index (χ1) is 12.8. The summed E-state index contributed by atoms with van der Waals surface area (Å²) in [5.41, 5.74) is 1.68. The summed E-state index contributed by atoms with van der Waals surface area (Å²) < 4.78 is 15.9. The molecule has 26 heavy (non-hydrogen) atoms. The topological polar surface area (TPSA) is 86.5 Å². The molecule has 3 rings (SSSR count). The molecule has 1 N–H and O–H groups in total. The van der Waals surface area contributed by atoms with Gasteiger partial charge in [0.2, 0.25) is 5.88 Å². The molecule has 0 saturated carbocycles. The Bertz CT molecular complexity index is 815. The molecule has 0 unspecified atom stereocenters. The summed E-state index contributed by atoms with van der Waals surface area (Å²) in [6.45, 7) is 3.19. The van der Waals surface area contributed by atoms with E-state index in [1.54, 1.807) is 18.2 Å². The second-order valence-electron chi connectivity index (χ2n) is 5.30. The van der Waals surface area contributed by atoms with Gasteiger partial charge in [0.05, 0.1) is 25.1 Å². The molecule has 0 spiro atoms. The molecular weight excluding hydrogens is 334 g/mol. The Labute approximate surface area is 151 Å². The molecule has 0 aliphatic rings. The van der Waals surface area contributed by atoms with E-state index in [9.17, 15) is 4.79 Å². The summed E-state index contributed by atoms with van der Waals surface area (Å²) in [5, 5.41) is 10.9. The molecule has 0 fully saturated rings. The fraction of sp³-hybridized carbons (Fsp3) is 0.211. The van der Waals surface area contributed by atoms with Crippen LogP contribution in [-0.2, 0) is 0 Å². The van der Waals surface area contributed by atoms with Gasteiger partial charge < -0.3 is 19.2 Å². The van der Waals surface area contributed by atoms with Crippen LogP contribution in [0, 0.1) is 0 Å². The maximum atomic E-state index is 11.7. The minimum atomic E-state index is -0.282. The van der Waals surface area contributed by atoms with E-state index < -0.39 is 0 Å². The van der Waals surface area contributed by atoms with E-state index in [1.165, 1.54) is 6.26 Å². The van der Waals surface area contributed by atoms with E-state index in [0.717, 1.165) is 17.0 Å². The number of nitrogens with zero attached hydrogens (tertiary/aromatic N) is 2. The molecule has 7 heteroatoms. The van der Waals surface area contributed by atoms with Gasteiger partial charge in [0.15, 0.2) is 5.76 Å². The molecule has 2 aromatic heterocycles. The summed E-state index contributed by atoms with van der Waals surface area (Å²) in [6.07, 6.45) is 1.45. The van der Waals surface area contributed by atoms with Crippen molar-refractivity contribution in [3.05, 3.63) is 60.6 Å². The SMILES string of the molecule is CCOc1ccc(-c2ccc(OCCNC(=O)c3ccco3)nn2)cc1. The molecule has 0 aliphatic carbocycles. The molecule has 0 saturated heterocycles. The van der Waals surface area contributed by atoms with Gasteiger partial charge in [-0.15, -0.1) is 10.2 Å². The van der Waals surface area contributed by atoms with Crippen LogP contribution in [0.2, 0.25) is 0 Å². The number of ether oxygens (including phenoxy) is 2. The molecule has 7 nitrogen and oxygen atoms in total. The van der Waals surface area contributed by atoms with Crippen molar-refractivity contribution in [1.29, 1.82) is 0 Å². The van der Waals surface area contributed by atoms with E-state index in [2.05, 4.69) is 15.5 Å². The van der Waals surface area contributed by atoms with Crippen molar-refractivity contribution in [2.45, 2.75) is 6.92 Å². The maximum Gasteiger partial charge on any atom is 0.287 e. The van der Waals surface area contributed by atoms with Crippen LogP contribution in [0.15, 0.2) is 59.2 Å². The lowest BCUT2D eigenvalue weighted by atomic mass is 10.1.